The molecule has 24 heavy (non-hydrogen) atoms. The second-order valence-corrected chi connectivity index (χ2v) is 7.54. The molecule has 0 radical (unpaired) electrons. The van der Waals surface area contributed by atoms with E-state index in [1.807, 2.05) is 0 Å². The number of fused-ring (bicyclic) bond motifs is 1. The molecule has 1 aliphatic rings. The molecule has 3 rings (SSSR count). The van der Waals surface area contributed by atoms with E-state index in [0.29, 0.717) is 28.1 Å². The van der Waals surface area contributed by atoms with Gasteiger partial charge in [-0.05, 0) is 35.9 Å². The van der Waals surface area contributed by atoms with E-state index < -0.39 is 9.84 Å². The lowest BCUT2D eigenvalue weighted by Gasteiger charge is -2.25. The molecule has 0 saturated heterocycles. The minimum atomic E-state index is -3.34. The van der Waals surface area contributed by atoms with Crippen molar-refractivity contribution in [3.8, 4) is 6.07 Å². The second kappa shape index (κ2) is 6.00. The minimum absolute atomic E-state index is 0.0349. The van der Waals surface area contributed by atoms with E-state index in [2.05, 4.69) is 11.4 Å². The summed E-state index contributed by atoms with van der Waals surface area (Å²) in [5.41, 5.74) is 3.00. The Hall–Kier alpha value is -2.82. The van der Waals surface area contributed by atoms with Gasteiger partial charge < -0.3 is 15.6 Å². The second-order valence-electron chi connectivity index (χ2n) is 5.53. The third-order valence-electron chi connectivity index (χ3n) is 3.68. The van der Waals surface area contributed by atoms with Gasteiger partial charge in [0.25, 0.3) is 0 Å². The normalized spacial score (nSPS) is 14.0. The summed E-state index contributed by atoms with van der Waals surface area (Å²) in [5.74, 6) is 0. The average Bonchev–Trinajstić information content (AvgIpc) is 2.71. The van der Waals surface area contributed by atoms with Crippen LogP contribution < -0.4 is 5.32 Å². The third kappa shape index (κ3) is 3.25. The van der Waals surface area contributed by atoms with Crippen molar-refractivity contribution in [3.63, 3.8) is 0 Å². The molecule has 0 saturated carbocycles. The molecule has 0 unspecified atom stereocenters. The molecule has 0 spiro atoms. The minimum Gasteiger partial charge on any atom is -0.758 e. The van der Waals surface area contributed by atoms with Gasteiger partial charge in [0.2, 0.25) is 0 Å². The fraction of sp³-hybridized carbons (Fsp3) is 0.118. The van der Waals surface area contributed by atoms with Gasteiger partial charge in [0.1, 0.15) is 0 Å². The van der Waals surface area contributed by atoms with Gasteiger partial charge in [0.15, 0.2) is 9.84 Å². The summed E-state index contributed by atoms with van der Waals surface area (Å²) in [4.78, 5) is 0.173. The number of hydrogen-bond acceptors (Lipinski definition) is 6. The maximum absolute atomic E-state index is 12.1. The first-order valence-electron chi connectivity index (χ1n) is 7.13. The van der Waals surface area contributed by atoms with E-state index in [1.165, 1.54) is 18.3 Å². The molecule has 7 heteroatoms. The number of nitriles is 1. The fourth-order valence-electron chi connectivity index (χ4n) is 2.49. The average molecular weight is 340 g/mol. The number of sulfone groups is 1. The Morgan fingerprint density at radius 3 is 2.75 bits per heavy atom. The number of anilines is 1. The first-order chi connectivity index (χ1) is 11.4. The highest BCUT2D eigenvalue weighted by Gasteiger charge is 2.15. The zero-order valence-electron chi connectivity index (χ0n) is 12.9. The van der Waals surface area contributed by atoms with Crippen molar-refractivity contribution in [1.29, 1.82) is 5.26 Å². The number of rotatable bonds is 2. The molecule has 122 valence electrons. The van der Waals surface area contributed by atoms with E-state index in [4.69, 9.17) is 5.26 Å². The van der Waals surface area contributed by atoms with Crippen LogP contribution in [-0.4, -0.2) is 19.7 Å². The third-order valence-corrected chi connectivity index (χ3v) is 4.79. The SMILES string of the molecule is CS(=O)(=O)c1ccc2c(c1)CN([O-])C=C(c1cccc(C#N)c1)N2. The Kier molecular flexibility index (Phi) is 4.01. The quantitative estimate of drug-likeness (QED) is 0.903. The standard InChI is InChI=1S/C17H14N3O3S/c1-24(22,23)15-5-6-16-14(8-15)10-20(21)11-17(19-16)13-4-2-3-12(7-13)9-18/h2-8,11,19H,10H2,1H3/q-1. The van der Waals surface area contributed by atoms with Gasteiger partial charge in [-0.25, -0.2) is 8.42 Å². The Labute approximate surface area is 140 Å². The molecule has 0 fully saturated rings. The van der Waals surface area contributed by atoms with Gasteiger partial charge in [0, 0.05) is 30.3 Å². The first-order valence-corrected chi connectivity index (χ1v) is 9.02. The van der Waals surface area contributed by atoms with E-state index in [-0.39, 0.29) is 11.4 Å². The van der Waals surface area contributed by atoms with Gasteiger partial charge in [-0.1, -0.05) is 12.1 Å². The van der Waals surface area contributed by atoms with Crippen LogP contribution in [0.1, 0.15) is 16.7 Å². The molecule has 2 aromatic carbocycles. The van der Waals surface area contributed by atoms with Crippen LogP contribution in [0.2, 0.25) is 0 Å². The molecule has 0 amide bonds. The van der Waals surface area contributed by atoms with Gasteiger partial charge in [-0.2, -0.15) is 5.26 Å². The number of hydroxylamine groups is 2. The Morgan fingerprint density at radius 2 is 2.04 bits per heavy atom. The van der Waals surface area contributed by atoms with Gasteiger partial charge >= 0.3 is 0 Å². The van der Waals surface area contributed by atoms with Crippen LogP contribution in [0.3, 0.4) is 0 Å². The lowest BCUT2D eigenvalue weighted by molar-refractivity contribution is 0.508. The van der Waals surface area contributed by atoms with Crippen molar-refractivity contribution in [1.82, 2.24) is 5.06 Å². The van der Waals surface area contributed by atoms with Gasteiger partial charge in [-0.3, -0.25) is 0 Å². The van der Waals surface area contributed by atoms with Crippen molar-refractivity contribution >= 4 is 21.2 Å². The lowest BCUT2D eigenvalue weighted by atomic mass is 10.1. The summed E-state index contributed by atoms with van der Waals surface area (Å²) in [5, 5.41) is 25.0. The predicted octanol–water partition coefficient (Wildman–Crippen LogP) is 2.69. The predicted molar refractivity (Wildman–Crippen MR) is 91.2 cm³/mol. The van der Waals surface area contributed by atoms with Crippen LogP contribution in [0.5, 0.6) is 0 Å². The Bertz CT molecular complexity index is 975. The summed E-state index contributed by atoms with van der Waals surface area (Å²) in [6.45, 7) is 0.0349. The van der Waals surface area contributed by atoms with Crippen molar-refractivity contribution < 1.29 is 8.42 Å². The molecule has 0 atom stereocenters. The van der Waals surface area contributed by atoms with Gasteiger partial charge in [0.05, 0.1) is 22.2 Å². The number of hydrogen-bond donors (Lipinski definition) is 1. The van der Waals surface area contributed by atoms with E-state index in [1.54, 1.807) is 30.3 Å². The summed E-state index contributed by atoms with van der Waals surface area (Å²) in [7, 11) is -3.34. The van der Waals surface area contributed by atoms with Crippen LogP contribution >= 0.6 is 0 Å². The van der Waals surface area contributed by atoms with E-state index >= 15 is 0 Å². The molecular weight excluding hydrogens is 326 g/mol. The summed E-state index contributed by atoms with van der Waals surface area (Å²) in [6.07, 6.45) is 2.53. The molecule has 0 bridgehead atoms. The highest BCUT2D eigenvalue weighted by molar-refractivity contribution is 7.90. The van der Waals surface area contributed by atoms with Crippen LogP contribution in [0, 0.1) is 16.5 Å². The summed E-state index contributed by atoms with van der Waals surface area (Å²) >= 11 is 0. The topological polar surface area (TPSA) is 96.3 Å². The van der Waals surface area contributed by atoms with Crippen molar-refractivity contribution in [3.05, 3.63) is 70.6 Å². The Balaban J connectivity index is 2.03. The molecule has 0 aromatic heterocycles. The largest absolute Gasteiger partial charge is 0.758 e. The number of nitrogens with one attached hydrogen (secondary N) is 1. The Morgan fingerprint density at radius 1 is 1.25 bits per heavy atom. The van der Waals surface area contributed by atoms with Crippen LogP contribution in [0.4, 0.5) is 5.69 Å². The van der Waals surface area contributed by atoms with Gasteiger partial charge in [-0.15, -0.1) is 0 Å². The van der Waals surface area contributed by atoms with Crippen molar-refractivity contribution in [2.75, 3.05) is 11.6 Å². The molecule has 0 aliphatic carbocycles. The zero-order chi connectivity index (χ0) is 17.3. The van der Waals surface area contributed by atoms with Crippen LogP contribution in [0.15, 0.2) is 53.6 Å². The monoisotopic (exact) mass is 340 g/mol. The maximum atomic E-state index is 12.1. The van der Waals surface area contributed by atoms with Crippen molar-refractivity contribution in [2.24, 2.45) is 0 Å². The zero-order valence-corrected chi connectivity index (χ0v) is 13.7. The molecule has 6 nitrogen and oxygen atoms in total. The highest BCUT2D eigenvalue weighted by atomic mass is 32.2. The molecule has 1 aliphatic heterocycles. The van der Waals surface area contributed by atoms with Crippen LogP contribution in [0.25, 0.3) is 5.70 Å². The molecule has 1 heterocycles. The van der Waals surface area contributed by atoms with Crippen LogP contribution in [-0.2, 0) is 16.4 Å². The summed E-state index contributed by atoms with van der Waals surface area (Å²) < 4.78 is 23.4. The smallest absolute Gasteiger partial charge is 0.175 e. The first kappa shape index (κ1) is 16.1. The lowest BCUT2D eigenvalue weighted by Crippen LogP contribution is -2.07. The molecular formula is C17H14N3O3S-. The molecule has 2 aromatic rings. The molecule has 1 N–H and O–H groups in total. The highest BCUT2D eigenvalue weighted by Crippen LogP contribution is 2.29. The number of benzene rings is 2. The maximum Gasteiger partial charge on any atom is 0.175 e. The van der Waals surface area contributed by atoms with E-state index in [9.17, 15) is 13.6 Å². The van der Waals surface area contributed by atoms with E-state index in [0.717, 1.165) is 11.3 Å². The number of nitrogens with zero attached hydrogens (tertiary/aromatic N) is 2. The summed E-state index contributed by atoms with van der Waals surface area (Å²) in [6, 6.07) is 13.6. The van der Waals surface area contributed by atoms with Crippen molar-refractivity contribution in [2.45, 2.75) is 11.4 Å². The fourth-order valence-corrected chi connectivity index (χ4v) is 3.16.